The third kappa shape index (κ3) is 12.3. The topological polar surface area (TPSA) is 24.5 Å². The Labute approximate surface area is 105 Å². The van der Waals surface area contributed by atoms with Crippen LogP contribution in [0, 0.1) is 0 Å². The molecule has 0 saturated carbocycles. The highest BCUT2D eigenvalue weighted by Crippen LogP contribution is 1.92. The highest BCUT2D eigenvalue weighted by atomic mass is 32.2. The van der Waals surface area contributed by atoms with Crippen molar-refractivity contribution in [1.29, 1.82) is 0 Å². The summed E-state index contributed by atoms with van der Waals surface area (Å²) in [7, 11) is 2.19. The van der Waals surface area contributed by atoms with Crippen LogP contribution in [0.2, 0.25) is 0 Å². The van der Waals surface area contributed by atoms with Crippen LogP contribution < -0.4 is 5.32 Å². The minimum absolute atomic E-state index is 0.841. The lowest BCUT2D eigenvalue weighted by atomic mass is 10.3. The molecule has 0 aliphatic heterocycles. The molecule has 0 heterocycles. The molecule has 0 fully saturated rings. The second kappa shape index (κ2) is 13.3. The van der Waals surface area contributed by atoms with E-state index in [2.05, 4.69) is 23.5 Å². The molecule has 0 spiro atoms. The largest absolute Gasteiger partial charge is 0.382 e. The van der Waals surface area contributed by atoms with E-state index >= 15 is 0 Å². The first-order chi connectivity index (χ1) is 7.81. The van der Waals surface area contributed by atoms with Gasteiger partial charge in [0.05, 0.1) is 0 Å². The predicted molar refractivity (Wildman–Crippen MR) is 74.5 cm³/mol. The van der Waals surface area contributed by atoms with Gasteiger partial charge in [0, 0.05) is 38.6 Å². The molecule has 0 aromatic carbocycles. The predicted octanol–water partition coefficient (Wildman–Crippen LogP) is 1.69. The highest BCUT2D eigenvalue weighted by Gasteiger charge is 1.96. The van der Waals surface area contributed by atoms with Crippen molar-refractivity contribution in [2.75, 3.05) is 58.4 Å². The van der Waals surface area contributed by atoms with Gasteiger partial charge in [0.2, 0.25) is 0 Å². The number of thioether (sulfide) groups is 1. The lowest BCUT2D eigenvalue weighted by molar-refractivity contribution is 0.143. The maximum Gasteiger partial charge on any atom is 0.0466 e. The first-order valence-electron chi connectivity index (χ1n) is 6.27. The number of nitrogens with zero attached hydrogens (tertiary/aromatic N) is 1. The van der Waals surface area contributed by atoms with E-state index in [9.17, 15) is 0 Å². The van der Waals surface area contributed by atoms with Gasteiger partial charge >= 0.3 is 0 Å². The molecule has 0 aliphatic carbocycles. The van der Waals surface area contributed by atoms with Crippen LogP contribution in [0.3, 0.4) is 0 Å². The number of unbranched alkanes of at least 4 members (excludes halogenated alkanes) is 1. The zero-order chi connectivity index (χ0) is 12.1. The Bertz CT molecular complexity index is 136. The zero-order valence-electron chi connectivity index (χ0n) is 11.1. The van der Waals surface area contributed by atoms with Gasteiger partial charge in [-0.1, -0.05) is 0 Å². The fraction of sp³-hybridized carbons (Fsp3) is 1.00. The SMILES string of the molecule is CCOCCCCNCCN(C)CCSC. The molecule has 16 heavy (non-hydrogen) atoms. The fourth-order valence-electron chi connectivity index (χ4n) is 1.35. The number of likely N-dealkylation sites (N-methyl/N-ethyl adjacent to an activating group) is 1. The molecule has 98 valence electrons. The van der Waals surface area contributed by atoms with E-state index in [-0.39, 0.29) is 0 Å². The summed E-state index contributed by atoms with van der Waals surface area (Å²) in [6.45, 7) is 8.34. The van der Waals surface area contributed by atoms with Crippen LogP contribution >= 0.6 is 11.8 Å². The standard InChI is InChI=1S/C12H28N2OS/c1-4-15-11-6-5-7-13-8-9-14(2)10-12-16-3/h13H,4-12H2,1-3H3. The highest BCUT2D eigenvalue weighted by molar-refractivity contribution is 7.98. The number of hydrogen-bond donors (Lipinski definition) is 1. The number of nitrogens with one attached hydrogen (secondary N) is 1. The minimum atomic E-state index is 0.841. The van der Waals surface area contributed by atoms with Gasteiger partial charge in [-0.15, -0.1) is 0 Å². The van der Waals surface area contributed by atoms with Crippen molar-refractivity contribution in [2.24, 2.45) is 0 Å². The van der Waals surface area contributed by atoms with Crippen LogP contribution in [0.4, 0.5) is 0 Å². The van der Waals surface area contributed by atoms with Gasteiger partial charge in [0.1, 0.15) is 0 Å². The van der Waals surface area contributed by atoms with Crippen LogP contribution in [0.1, 0.15) is 19.8 Å². The summed E-state index contributed by atoms with van der Waals surface area (Å²) < 4.78 is 5.28. The van der Waals surface area contributed by atoms with Gasteiger partial charge in [-0.2, -0.15) is 11.8 Å². The molecule has 0 aromatic heterocycles. The van der Waals surface area contributed by atoms with Crippen molar-refractivity contribution in [2.45, 2.75) is 19.8 Å². The Morgan fingerprint density at radius 3 is 2.69 bits per heavy atom. The molecule has 0 aliphatic rings. The van der Waals surface area contributed by atoms with E-state index in [1.165, 1.54) is 25.1 Å². The zero-order valence-corrected chi connectivity index (χ0v) is 11.9. The first-order valence-corrected chi connectivity index (χ1v) is 7.66. The third-order valence-corrected chi connectivity index (χ3v) is 3.03. The quantitative estimate of drug-likeness (QED) is 0.531. The Morgan fingerprint density at radius 2 is 2.00 bits per heavy atom. The Kier molecular flexibility index (Phi) is 13.5. The summed E-state index contributed by atoms with van der Waals surface area (Å²) in [6, 6.07) is 0. The molecule has 0 saturated heterocycles. The normalized spacial score (nSPS) is 11.2. The maximum atomic E-state index is 5.28. The fourth-order valence-corrected chi connectivity index (χ4v) is 1.85. The van der Waals surface area contributed by atoms with Crippen LogP contribution in [0.25, 0.3) is 0 Å². The van der Waals surface area contributed by atoms with E-state index in [1.807, 2.05) is 18.7 Å². The smallest absolute Gasteiger partial charge is 0.0466 e. The molecule has 0 amide bonds. The van der Waals surface area contributed by atoms with E-state index in [0.29, 0.717) is 0 Å². The molecule has 0 unspecified atom stereocenters. The average Bonchev–Trinajstić information content (AvgIpc) is 2.30. The molecule has 0 radical (unpaired) electrons. The van der Waals surface area contributed by atoms with Gasteiger partial charge in [0.25, 0.3) is 0 Å². The number of rotatable bonds is 12. The monoisotopic (exact) mass is 248 g/mol. The van der Waals surface area contributed by atoms with Gasteiger partial charge in [-0.3, -0.25) is 0 Å². The first kappa shape index (κ1) is 16.2. The van der Waals surface area contributed by atoms with Crippen LogP contribution in [0.5, 0.6) is 0 Å². The van der Waals surface area contributed by atoms with Crippen LogP contribution in [-0.2, 0) is 4.74 Å². The molecule has 1 N–H and O–H groups in total. The summed E-state index contributed by atoms with van der Waals surface area (Å²) in [5.41, 5.74) is 0. The lowest BCUT2D eigenvalue weighted by Crippen LogP contribution is -2.31. The van der Waals surface area contributed by atoms with Gasteiger partial charge in [-0.05, 0) is 39.6 Å². The Morgan fingerprint density at radius 1 is 1.19 bits per heavy atom. The molecular weight excluding hydrogens is 220 g/mol. The van der Waals surface area contributed by atoms with Crippen LogP contribution in [-0.4, -0.2) is 63.3 Å². The summed E-state index contributed by atoms with van der Waals surface area (Å²) >= 11 is 1.91. The number of ether oxygens (including phenoxy) is 1. The van der Waals surface area contributed by atoms with Gasteiger partial charge in [-0.25, -0.2) is 0 Å². The average molecular weight is 248 g/mol. The molecular formula is C12H28N2OS. The Hall–Kier alpha value is 0.230. The van der Waals surface area contributed by atoms with Crippen LogP contribution in [0.15, 0.2) is 0 Å². The van der Waals surface area contributed by atoms with E-state index < -0.39 is 0 Å². The molecule has 0 aromatic rings. The van der Waals surface area contributed by atoms with Gasteiger partial charge in [0.15, 0.2) is 0 Å². The summed E-state index contributed by atoms with van der Waals surface area (Å²) in [5.74, 6) is 1.23. The van der Waals surface area contributed by atoms with Crippen molar-refractivity contribution in [3.05, 3.63) is 0 Å². The summed E-state index contributed by atoms with van der Waals surface area (Å²) in [4.78, 5) is 2.38. The molecule has 0 bridgehead atoms. The summed E-state index contributed by atoms with van der Waals surface area (Å²) in [5, 5.41) is 3.47. The molecule has 3 nitrogen and oxygen atoms in total. The molecule has 0 atom stereocenters. The second-order valence-electron chi connectivity index (χ2n) is 3.95. The van der Waals surface area contributed by atoms with Crippen molar-refractivity contribution < 1.29 is 4.74 Å². The second-order valence-corrected chi connectivity index (χ2v) is 4.94. The molecule has 4 heteroatoms. The minimum Gasteiger partial charge on any atom is -0.382 e. The maximum absolute atomic E-state index is 5.28. The third-order valence-electron chi connectivity index (χ3n) is 2.44. The van der Waals surface area contributed by atoms with Crippen molar-refractivity contribution in [1.82, 2.24) is 10.2 Å². The van der Waals surface area contributed by atoms with E-state index in [1.54, 1.807) is 0 Å². The van der Waals surface area contributed by atoms with E-state index in [0.717, 1.165) is 32.8 Å². The number of hydrogen-bond acceptors (Lipinski definition) is 4. The Balaban J connectivity index is 3.02. The van der Waals surface area contributed by atoms with Gasteiger partial charge < -0.3 is 15.0 Å². The van der Waals surface area contributed by atoms with Crippen molar-refractivity contribution >= 4 is 11.8 Å². The molecule has 0 rings (SSSR count). The lowest BCUT2D eigenvalue weighted by Gasteiger charge is -2.16. The summed E-state index contributed by atoms with van der Waals surface area (Å²) in [6.07, 6.45) is 4.54. The van der Waals surface area contributed by atoms with E-state index in [4.69, 9.17) is 4.74 Å². The van der Waals surface area contributed by atoms with Crippen molar-refractivity contribution in [3.8, 4) is 0 Å². The van der Waals surface area contributed by atoms with Crippen molar-refractivity contribution in [3.63, 3.8) is 0 Å².